The minimum absolute atomic E-state index is 0.0398. The van der Waals surface area contributed by atoms with Crippen molar-refractivity contribution < 1.29 is 24.3 Å². The highest BCUT2D eigenvalue weighted by molar-refractivity contribution is 6.02. The molecule has 8 nitrogen and oxygen atoms in total. The Hall–Kier alpha value is -2.12. The molecule has 1 heterocycles. The molecule has 106 valence electrons. The molecule has 0 aromatic rings. The molecule has 1 rings (SSSR count). The van der Waals surface area contributed by atoms with E-state index in [2.05, 4.69) is 5.32 Å². The molecule has 0 unspecified atom stereocenters. The SMILES string of the molecule is CC(C)N(CCC(=O)O)C(=O)N1CC(=O)NC(=O)C1. The number of amides is 4. The monoisotopic (exact) mass is 271 g/mol. The number of carboxylic acid groups (broad SMARTS) is 1. The number of imide groups is 1. The molecule has 0 radical (unpaired) electrons. The number of hydrogen-bond acceptors (Lipinski definition) is 4. The Morgan fingerprint density at radius 2 is 1.84 bits per heavy atom. The zero-order chi connectivity index (χ0) is 14.6. The van der Waals surface area contributed by atoms with Crippen molar-refractivity contribution in [2.24, 2.45) is 0 Å². The van der Waals surface area contributed by atoms with E-state index in [4.69, 9.17) is 5.11 Å². The average molecular weight is 271 g/mol. The van der Waals surface area contributed by atoms with Gasteiger partial charge in [0.2, 0.25) is 11.8 Å². The highest BCUT2D eigenvalue weighted by Crippen LogP contribution is 2.07. The van der Waals surface area contributed by atoms with Crippen LogP contribution < -0.4 is 5.32 Å². The summed E-state index contributed by atoms with van der Waals surface area (Å²) in [7, 11) is 0. The van der Waals surface area contributed by atoms with Crippen molar-refractivity contribution in [1.82, 2.24) is 15.1 Å². The van der Waals surface area contributed by atoms with Crippen LogP contribution in [0.3, 0.4) is 0 Å². The number of rotatable bonds is 4. The van der Waals surface area contributed by atoms with Crippen LogP contribution in [0.15, 0.2) is 0 Å². The summed E-state index contributed by atoms with van der Waals surface area (Å²) in [5.41, 5.74) is 0. The van der Waals surface area contributed by atoms with Crippen molar-refractivity contribution >= 4 is 23.8 Å². The van der Waals surface area contributed by atoms with Gasteiger partial charge in [-0.25, -0.2) is 4.79 Å². The molecule has 19 heavy (non-hydrogen) atoms. The van der Waals surface area contributed by atoms with Crippen molar-refractivity contribution in [3.05, 3.63) is 0 Å². The third-order valence-electron chi connectivity index (χ3n) is 2.65. The lowest BCUT2D eigenvalue weighted by Gasteiger charge is -2.34. The molecule has 0 spiro atoms. The van der Waals surface area contributed by atoms with E-state index < -0.39 is 23.8 Å². The minimum Gasteiger partial charge on any atom is -0.481 e. The number of nitrogens with zero attached hydrogens (tertiary/aromatic N) is 2. The van der Waals surface area contributed by atoms with E-state index in [0.29, 0.717) is 0 Å². The van der Waals surface area contributed by atoms with Crippen molar-refractivity contribution in [3.8, 4) is 0 Å². The lowest BCUT2D eigenvalue weighted by Crippen LogP contribution is -2.57. The van der Waals surface area contributed by atoms with Gasteiger partial charge in [0, 0.05) is 12.6 Å². The molecule has 0 aliphatic carbocycles. The van der Waals surface area contributed by atoms with Gasteiger partial charge in [-0.05, 0) is 13.8 Å². The molecule has 0 saturated carbocycles. The first kappa shape index (κ1) is 14.9. The molecular weight excluding hydrogens is 254 g/mol. The van der Waals surface area contributed by atoms with E-state index >= 15 is 0 Å². The van der Waals surface area contributed by atoms with Crippen LogP contribution in [0.4, 0.5) is 4.79 Å². The predicted molar refractivity (Wildman–Crippen MR) is 64.2 cm³/mol. The van der Waals surface area contributed by atoms with Crippen LogP contribution in [-0.4, -0.2) is 64.4 Å². The highest BCUT2D eigenvalue weighted by atomic mass is 16.4. The topological polar surface area (TPSA) is 107 Å². The Morgan fingerprint density at radius 3 is 2.26 bits per heavy atom. The normalized spacial score (nSPS) is 15.4. The number of carbonyl (C=O) groups is 4. The standard InChI is InChI=1S/C11H17N3O5/c1-7(2)14(4-3-10(17)18)11(19)13-5-8(15)12-9(16)6-13/h7H,3-6H2,1-2H3,(H,17,18)(H,12,15,16). The summed E-state index contributed by atoms with van der Waals surface area (Å²) in [6, 6.07) is -0.716. The van der Waals surface area contributed by atoms with Crippen molar-refractivity contribution in [2.45, 2.75) is 26.3 Å². The fraction of sp³-hybridized carbons (Fsp3) is 0.636. The van der Waals surface area contributed by atoms with Crippen LogP contribution in [-0.2, 0) is 14.4 Å². The zero-order valence-corrected chi connectivity index (χ0v) is 10.9. The van der Waals surface area contributed by atoms with Gasteiger partial charge in [-0.1, -0.05) is 0 Å². The van der Waals surface area contributed by atoms with E-state index in [-0.39, 0.29) is 32.1 Å². The first-order valence-electron chi connectivity index (χ1n) is 5.91. The van der Waals surface area contributed by atoms with E-state index in [9.17, 15) is 19.2 Å². The zero-order valence-electron chi connectivity index (χ0n) is 10.9. The molecule has 1 aliphatic heterocycles. The molecule has 2 N–H and O–H groups in total. The lowest BCUT2D eigenvalue weighted by atomic mass is 10.2. The minimum atomic E-state index is -1.01. The number of hydrogen-bond donors (Lipinski definition) is 2. The Bertz CT molecular complexity index is 391. The number of nitrogens with one attached hydrogen (secondary N) is 1. The lowest BCUT2D eigenvalue weighted by molar-refractivity contribution is -0.138. The quantitative estimate of drug-likeness (QED) is 0.654. The molecule has 0 bridgehead atoms. The second-order valence-electron chi connectivity index (χ2n) is 4.54. The van der Waals surface area contributed by atoms with Crippen molar-refractivity contribution in [3.63, 3.8) is 0 Å². The van der Waals surface area contributed by atoms with Gasteiger partial charge in [0.15, 0.2) is 0 Å². The van der Waals surface area contributed by atoms with Crippen LogP contribution in [0.25, 0.3) is 0 Å². The second-order valence-corrected chi connectivity index (χ2v) is 4.54. The largest absolute Gasteiger partial charge is 0.481 e. The Morgan fingerprint density at radius 1 is 1.32 bits per heavy atom. The van der Waals surface area contributed by atoms with Crippen LogP contribution in [0.1, 0.15) is 20.3 Å². The van der Waals surface area contributed by atoms with Crippen molar-refractivity contribution in [1.29, 1.82) is 0 Å². The number of carboxylic acids is 1. The van der Waals surface area contributed by atoms with Crippen LogP contribution in [0.5, 0.6) is 0 Å². The summed E-state index contributed by atoms with van der Waals surface area (Å²) in [6.07, 6.45) is -0.183. The summed E-state index contributed by atoms with van der Waals surface area (Å²) in [6.45, 7) is 3.14. The molecule has 1 saturated heterocycles. The number of carbonyl (C=O) groups excluding carboxylic acids is 3. The maximum atomic E-state index is 12.2. The molecule has 1 fully saturated rings. The summed E-state index contributed by atoms with van der Waals surface area (Å²) in [5, 5.41) is 10.7. The molecule has 1 aliphatic rings. The van der Waals surface area contributed by atoms with Gasteiger partial charge in [-0.3, -0.25) is 19.7 Å². The maximum Gasteiger partial charge on any atom is 0.321 e. The van der Waals surface area contributed by atoms with E-state index in [0.717, 1.165) is 4.90 Å². The maximum absolute atomic E-state index is 12.2. The summed E-state index contributed by atoms with van der Waals surface area (Å²) >= 11 is 0. The van der Waals surface area contributed by atoms with Crippen LogP contribution >= 0.6 is 0 Å². The third-order valence-corrected chi connectivity index (χ3v) is 2.65. The van der Waals surface area contributed by atoms with Crippen molar-refractivity contribution in [2.75, 3.05) is 19.6 Å². The number of aliphatic carboxylic acids is 1. The average Bonchev–Trinajstić information content (AvgIpc) is 2.26. The van der Waals surface area contributed by atoms with Gasteiger partial charge >= 0.3 is 12.0 Å². The Labute approximate surface area is 110 Å². The van der Waals surface area contributed by atoms with Gasteiger partial charge in [-0.15, -0.1) is 0 Å². The van der Waals surface area contributed by atoms with Gasteiger partial charge in [0.1, 0.15) is 13.1 Å². The van der Waals surface area contributed by atoms with Crippen LogP contribution in [0, 0.1) is 0 Å². The molecule has 4 amide bonds. The molecule has 0 aromatic carbocycles. The fourth-order valence-corrected chi connectivity index (χ4v) is 1.74. The Kier molecular flexibility index (Phi) is 4.85. The van der Waals surface area contributed by atoms with E-state index in [1.165, 1.54) is 4.90 Å². The molecule has 8 heteroatoms. The fourth-order valence-electron chi connectivity index (χ4n) is 1.74. The van der Waals surface area contributed by atoms with Gasteiger partial charge in [0.05, 0.1) is 6.42 Å². The second kappa shape index (κ2) is 6.17. The summed E-state index contributed by atoms with van der Waals surface area (Å²) in [4.78, 5) is 47.6. The molecule has 0 atom stereocenters. The van der Waals surface area contributed by atoms with E-state index in [1.807, 2.05) is 0 Å². The third kappa shape index (κ3) is 4.23. The molecular formula is C11H17N3O5. The first-order valence-corrected chi connectivity index (χ1v) is 5.91. The van der Waals surface area contributed by atoms with Gasteiger partial charge < -0.3 is 14.9 Å². The molecule has 0 aromatic heterocycles. The summed E-state index contributed by atoms with van der Waals surface area (Å²) in [5.74, 6) is -2.08. The van der Waals surface area contributed by atoms with Gasteiger partial charge in [-0.2, -0.15) is 0 Å². The van der Waals surface area contributed by atoms with Gasteiger partial charge in [0.25, 0.3) is 0 Å². The predicted octanol–water partition coefficient (Wildman–Crippen LogP) is -0.750. The number of urea groups is 1. The summed E-state index contributed by atoms with van der Waals surface area (Å²) < 4.78 is 0. The Balaban J connectivity index is 2.72. The van der Waals surface area contributed by atoms with E-state index in [1.54, 1.807) is 13.8 Å². The smallest absolute Gasteiger partial charge is 0.321 e. The first-order chi connectivity index (χ1) is 8.81. The van der Waals surface area contributed by atoms with Crippen LogP contribution in [0.2, 0.25) is 0 Å². The highest BCUT2D eigenvalue weighted by Gasteiger charge is 2.30. The number of piperazine rings is 1.